The van der Waals surface area contributed by atoms with E-state index in [1.54, 1.807) is 0 Å². The number of thiophene rings is 1. The highest BCUT2D eigenvalue weighted by Gasteiger charge is 2.14. The van der Waals surface area contributed by atoms with Crippen LogP contribution in [0.2, 0.25) is 0 Å². The number of morpholine rings is 1. The van der Waals surface area contributed by atoms with Gasteiger partial charge in [-0.2, -0.15) is 5.10 Å². The number of para-hydroxylation sites is 1. The number of amides is 1. The Labute approximate surface area is 208 Å². The van der Waals surface area contributed by atoms with Crippen LogP contribution in [0.3, 0.4) is 0 Å². The molecule has 180 valence electrons. The van der Waals surface area contributed by atoms with Gasteiger partial charge in [-0.05, 0) is 53.8 Å². The van der Waals surface area contributed by atoms with Crippen molar-refractivity contribution in [2.75, 3.05) is 44.8 Å². The molecule has 0 unspecified atom stereocenters. The molecule has 1 aliphatic heterocycles. The van der Waals surface area contributed by atoms with Gasteiger partial charge in [-0.1, -0.05) is 24.3 Å². The summed E-state index contributed by atoms with van der Waals surface area (Å²) in [5, 5.41) is 13.5. The van der Waals surface area contributed by atoms with Crippen LogP contribution in [-0.2, 0) is 4.74 Å². The smallest absolute Gasteiger partial charge is 0.266 e. The van der Waals surface area contributed by atoms with Gasteiger partial charge in [0.2, 0.25) is 0 Å². The Morgan fingerprint density at radius 1 is 1.20 bits per heavy atom. The standard InChI is InChI=1S/C27H28N4O3S/c1-19-10-17-35-26(19)27(32)28-25-18-21(34-16-13-31-11-14-33-15-12-31)8-6-20(25)7-9-24-22-4-2-3-5-23(22)29-30-24/h2-10,17-18H,11-16H2,1H3,(H,28,32)(H,29,30)/b9-7+. The summed E-state index contributed by atoms with van der Waals surface area (Å²) >= 11 is 1.44. The van der Waals surface area contributed by atoms with Crippen LogP contribution in [0.4, 0.5) is 5.69 Å². The number of nitrogens with zero attached hydrogens (tertiary/aromatic N) is 2. The van der Waals surface area contributed by atoms with Gasteiger partial charge in [0.1, 0.15) is 12.4 Å². The van der Waals surface area contributed by atoms with Gasteiger partial charge in [-0.15, -0.1) is 11.3 Å². The number of nitrogens with one attached hydrogen (secondary N) is 2. The van der Waals surface area contributed by atoms with Crippen LogP contribution in [0.1, 0.15) is 26.5 Å². The van der Waals surface area contributed by atoms with Gasteiger partial charge in [0.25, 0.3) is 5.91 Å². The number of aromatic nitrogens is 2. The number of H-pyrrole nitrogens is 1. The van der Waals surface area contributed by atoms with E-state index in [1.807, 2.05) is 73.0 Å². The lowest BCUT2D eigenvalue weighted by atomic mass is 10.1. The van der Waals surface area contributed by atoms with Gasteiger partial charge < -0.3 is 14.8 Å². The van der Waals surface area contributed by atoms with Crippen LogP contribution in [-0.4, -0.2) is 60.5 Å². The third-order valence-electron chi connectivity index (χ3n) is 6.04. The number of benzene rings is 2. The molecule has 8 heteroatoms. The van der Waals surface area contributed by atoms with Crippen molar-refractivity contribution >= 4 is 46.0 Å². The van der Waals surface area contributed by atoms with Crippen molar-refractivity contribution in [2.24, 2.45) is 0 Å². The van der Waals surface area contributed by atoms with E-state index < -0.39 is 0 Å². The Kier molecular flexibility index (Phi) is 7.23. The van der Waals surface area contributed by atoms with Crippen LogP contribution in [0, 0.1) is 6.92 Å². The molecular weight excluding hydrogens is 460 g/mol. The Hall–Kier alpha value is -3.46. The fraction of sp³-hybridized carbons (Fsp3) is 0.259. The summed E-state index contributed by atoms with van der Waals surface area (Å²) in [6.07, 6.45) is 3.93. The Balaban J connectivity index is 1.36. The first-order valence-corrected chi connectivity index (χ1v) is 12.6. The van der Waals surface area contributed by atoms with E-state index in [1.165, 1.54) is 11.3 Å². The zero-order valence-corrected chi connectivity index (χ0v) is 20.4. The second kappa shape index (κ2) is 10.9. The summed E-state index contributed by atoms with van der Waals surface area (Å²) in [6, 6.07) is 15.7. The number of aromatic amines is 1. The number of carbonyl (C=O) groups is 1. The zero-order chi connectivity index (χ0) is 24.0. The molecule has 0 aliphatic carbocycles. The molecule has 7 nitrogen and oxygen atoms in total. The number of fused-ring (bicyclic) bond motifs is 1. The zero-order valence-electron chi connectivity index (χ0n) is 19.6. The second-order valence-corrected chi connectivity index (χ2v) is 9.34. The highest BCUT2D eigenvalue weighted by molar-refractivity contribution is 7.12. The monoisotopic (exact) mass is 488 g/mol. The second-order valence-electron chi connectivity index (χ2n) is 8.43. The number of rotatable bonds is 8. The van der Waals surface area contributed by atoms with Crippen LogP contribution in [0.25, 0.3) is 23.1 Å². The number of hydrogen-bond donors (Lipinski definition) is 2. The maximum Gasteiger partial charge on any atom is 0.266 e. The number of ether oxygens (including phenoxy) is 2. The van der Waals surface area contributed by atoms with Crippen molar-refractivity contribution in [2.45, 2.75) is 6.92 Å². The van der Waals surface area contributed by atoms with E-state index in [4.69, 9.17) is 9.47 Å². The maximum absolute atomic E-state index is 13.0. The van der Waals surface area contributed by atoms with Crippen molar-refractivity contribution < 1.29 is 14.3 Å². The minimum Gasteiger partial charge on any atom is -0.492 e. The lowest BCUT2D eigenvalue weighted by Crippen LogP contribution is -2.38. The maximum atomic E-state index is 13.0. The van der Waals surface area contributed by atoms with Crippen LogP contribution < -0.4 is 10.1 Å². The topological polar surface area (TPSA) is 79.5 Å². The first kappa shape index (κ1) is 23.3. The van der Waals surface area contributed by atoms with Crippen molar-refractivity contribution in [3.8, 4) is 5.75 Å². The first-order chi connectivity index (χ1) is 17.2. The molecule has 0 saturated carbocycles. The molecule has 4 aromatic rings. The average molecular weight is 489 g/mol. The number of anilines is 1. The number of aryl methyl sites for hydroxylation is 1. The molecule has 1 fully saturated rings. The average Bonchev–Trinajstić information content (AvgIpc) is 3.50. The first-order valence-electron chi connectivity index (χ1n) is 11.7. The van der Waals surface area contributed by atoms with E-state index in [0.29, 0.717) is 17.2 Å². The fourth-order valence-electron chi connectivity index (χ4n) is 4.06. The normalized spacial score (nSPS) is 14.5. The predicted molar refractivity (Wildman–Crippen MR) is 141 cm³/mol. The SMILES string of the molecule is Cc1ccsc1C(=O)Nc1cc(OCCN2CCOCC2)ccc1/C=C/c1n[nH]c2ccccc12. The Morgan fingerprint density at radius 3 is 2.89 bits per heavy atom. The summed E-state index contributed by atoms with van der Waals surface area (Å²) in [4.78, 5) is 16.0. The molecule has 1 aliphatic rings. The van der Waals surface area contributed by atoms with Gasteiger partial charge in [-0.25, -0.2) is 0 Å². The van der Waals surface area contributed by atoms with Crippen LogP contribution >= 0.6 is 11.3 Å². The van der Waals surface area contributed by atoms with Crippen LogP contribution in [0.15, 0.2) is 53.9 Å². The molecule has 2 N–H and O–H groups in total. The lowest BCUT2D eigenvalue weighted by molar-refractivity contribution is 0.0322. The summed E-state index contributed by atoms with van der Waals surface area (Å²) in [6.45, 7) is 6.75. The Morgan fingerprint density at radius 2 is 2.06 bits per heavy atom. The Bertz CT molecular complexity index is 1340. The van der Waals surface area contributed by atoms with E-state index in [2.05, 4.69) is 20.4 Å². The van der Waals surface area contributed by atoms with Crippen molar-refractivity contribution in [1.29, 1.82) is 0 Å². The molecule has 1 saturated heterocycles. The summed E-state index contributed by atoms with van der Waals surface area (Å²) in [5.74, 6) is 0.599. The van der Waals surface area contributed by atoms with Gasteiger partial charge in [-0.3, -0.25) is 14.8 Å². The van der Waals surface area contributed by atoms with E-state index >= 15 is 0 Å². The molecule has 3 heterocycles. The molecular formula is C27H28N4O3S. The third-order valence-corrected chi connectivity index (χ3v) is 7.06. The highest BCUT2D eigenvalue weighted by atomic mass is 32.1. The van der Waals surface area contributed by atoms with Gasteiger partial charge in [0.15, 0.2) is 0 Å². The predicted octanol–water partition coefficient (Wildman–Crippen LogP) is 5.07. The van der Waals surface area contributed by atoms with Crippen LogP contribution in [0.5, 0.6) is 5.75 Å². The highest BCUT2D eigenvalue weighted by Crippen LogP contribution is 2.27. The minimum absolute atomic E-state index is 0.122. The van der Waals surface area contributed by atoms with Crippen molar-refractivity contribution in [3.63, 3.8) is 0 Å². The molecule has 2 aromatic heterocycles. The molecule has 0 atom stereocenters. The molecule has 0 radical (unpaired) electrons. The molecule has 1 amide bonds. The molecule has 0 bridgehead atoms. The van der Waals surface area contributed by atoms with Gasteiger partial charge >= 0.3 is 0 Å². The van der Waals surface area contributed by atoms with E-state index in [-0.39, 0.29) is 5.91 Å². The lowest BCUT2D eigenvalue weighted by Gasteiger charge is -2.26. The number of carbonyl (C=O) groups excluding carboxylic acids is 1. The fourth-order valence-corrected chi connectivity index (χ4v) is 4.88. The summed E-state index contributed by atoms with van der Waals surface area (Å²) < 4.78 is 11.4. The summed E-state index contributed by atoms with van der Waals surface area (Å²) in [7, 11) is 0. The number of hydrogen-bond acceptors (Lipinski definition) is 6. The molecule has 2 aromatic carbocycles. The van der Waals surface area contributed by atoms with E-state index in [0.717, 1.165) is 66.3 Å². The molecule has 35 heavy (non-hydrogen) atoms. The molecule has 5 rings (SSSR count). The minimum atomic E-state index is -0.122. The van der Waals surface area contributed by atoms with Crippen molar-refractivity contribution in [1.82, 2.24) is 15.1 Å². The quantitative estimate of drug-likeness (QED) is 0.362. The van der Waals surface area contributed by atoms with Gasteiger partial charge in [0.05, 0.1) is 35.0 Å². The largest absolute Gasteiger partial charge is 0.492 e. The molecule has 0 spiro atoms. The van der Waals surface area contributed by atoms with Crippen molar-refractivity contribution in [3.05, 3.63) is 75.6 Å². The van der Waals surface area contributed by atoms with Gasteiger partial charge in [0, 0.05) is 31.1 Å². The third kappa shape index (κ3) is 5.62. The summed E-state index contributed by atoms with van der Waals surface area (Å²) in [5.41, 5.74) is 4.36. The van der Waals surface area contributed by atoms with E-state index in [9.17, 15) is 4.79 Å².